The van der Waals surface area contributed by atoms with Gasteiger partial charge in [-0.15, -0.1) is 0 Å². The maximum absolute atomic E-state index is 13.0. The number of benzene rings is 3. The van der Waals surface area contributed by atoms with E-state index in [1.165, 1.54) is 12.7 Å². The fraction of sp³-hybridized carbons (Fsp3) is 0.174. The largest absolute Gasteiger partial charge is 0.493 e. The topological polar surface area (TPSA) is 74.0 Å². The van der Waals surface area contributed by atoms with Crippen LogP contribution in [0.25, 0.3) is 0 Å². The molecule has 3 aromatic carbocycles. The van der Waals surface area contributed by atoms with Crippen molar-refractivity contribution in [3.63, 3.8) is 0 Å². The Hall–Kier alpha value is -3.15. The van der Waals surface area contributed by atoms with Crippen LogP contribution in [0.4, 0.5) is 24.5 Å². The monoisotopic (exact) mass is 570 g/mol. The smallest absolute Gasteiger partial charge is 0.416 e. The van der Waals surface area contributed by atoms with E-state index < -0.39 is 22.4 Å². The van der Waals surface area contributed by atoms with Gasteiger partial charge in [0.2, 0.25) is 5.75 Å². The molecule has 0 unspecified atom stereocenters. The maximum Gasteiger partial charge on any atom is 0.416 e. The normalized spacial score (nSPS) is 11.6. The lowest BCUT2D eigenvalue weighted by atomic mass is 10.1. The summed E-state index contributed by atoms with van der Waals surface area (Å²) in [6.45, 7) is 2.06. The standard InChI is InChI=1S/C23H18F3IN2O4/c1-3-14-4-7-17(8-5-14)28-13-15-10-18(27)22(21(11-15)32-2)33-20-9-6-16(23(24,25)26)12-19(20)29(30)31/h4-13H,3H2,1-2H3. The Balaban J connectivity index is 1.93. The lowest BCUT2D eigenvalue weighted by molar-refractivity contribution is -0.385. The van der Waals surface area contributed by atoms with Crippen molar-refractivity contribution in [1.29, 1.82) is 0 Å². The first-order valence-corrected chi connectivity index (χ1v) is 10.7. The zero-order valence-corrected chi connectivity index (χ0v) is 19.7. The van der Waals surface area contributed by atoms with Crippen LogP contribution in [-0.4, -0.2) is 18.2 Å². The Labute approximate surface area is 201 Å². The van der Waals surface area contributed by atoms with Gasteiger partial charge in [-0.1, -0.05) is 19.1 Å². The molecule has 0 radical (unpaired) electrons. The number of halogens is 4. The average molecular weight is 570 g/mol. The molecule has 0 N–H and O–H groups in total. The van der Waals surface area contributed by atoms with Crippen LogP contribution >= 0.6 is 22.6 Å². The van der Waals surface area contributed by atoms with Gasteiger partial charge in [0.25, 0.3) is 0 Å². The van der Waals surface area contributed by atoms with Crippen molar-refractivity contribution in [1.82, 2.24) is 0 Å². The molecule has 0 aliphatic heterocycles. The maximum atomic E-state index is 13.0. The molecule has 0 heterocycles. The van der Waals surface area contributed by atoms with Crippen LogP contribution in [0.5, 0.6) is 17.2 Å². The van der Waals surface area contributed by atoms with Gasteiger partial charge in [-0.2, -0.15) is 13.2 Å². The number of rotatable bonds is 7. The summed E-state index contributed by atoms with van der Waals surface area (Å²) < 4.78 is 50.4. The van der Waals surface area contributed by atoms with Crippen molar-refractivity contribution in [2.24, 2.45) is 4.99 Å². The molecule has 10 heteroatoms. The summed E-state index contributed by atoms with van der Waals surface area (Å²) >= 11 is 1.96. The predicted molar refractivity (Wildman–Crippen MR) is 127 cm³/mol. The number of alkyl halides is 3. The third-order valence-corrected chi connectivity index (χ3v) is 5.46. The van der Waals surface area contributed by atoms with Crippen molar-refractivity contribution < 1.29 is 27.6 Å². The summed E-state index contributed by atoms with van der Waals surface area (Å²) in [7, 11) is 1.39. The molecular formula is C23H18F3IN2O4. The van der Waals surface area contributed by atoms with Crippen LogP contribution in [0.2, 0.25) is 0 Å². The molecule has 3 rings (SSSR count). The number of nitro groups is 1. The summed E-state index contributed by atoms with van der Waals surface area (Å²) in [6, 6.07) is 13.2. The quantitative estimate of drug-likeness (QED) is 0.129. The second-order valence-corrected chi connectivity index (χ2v) is 8.01. The SMILES string of the molecule is CCc1ccc(N=Cc2cc(I)c(Oc3ccc(C(F)(F)F)cc3[N+](=O)[O-])c(OC)c2)cc1. The van der Waals surface area contributed by atoms with E-state index in [-0.39, 0.29) is 17.2 Å². The third kappa shape index (κ3) is 6.01. The van der Waals surface area contributed by atoms with Crippen molar-refractivity contribution in [3.8, 4) is 17.2 Å². The van der Waals surface area contributed by atoms with Gasteiger partial charge in [-0.25, -0.2) is 0 Å². The first-order valence-electron chi connectivity index (χ1n) is 9.66. The van der Waals surface area contributed by atoms with E-state index >= 15 is 0 Å². The molecule has 0 atom stereocenters. The number of ether oxygens (including phenoxy) is 2. The summed E-state index contributed by atoms with van der Waals surface area (Å²) in [5.74, 6) is 0.0610. The zero-order valence-electron chi connectivity index (χ0n) is 17.5. The third-order valence-electron chi connectivity index (χ3n) is 4.65. The van der Waals surface area contributed by atoms with Crippen molar-refractivity contribution in [2.45, 2.75) is 19.5 Å². The fourth-order valence-corrected chi connectivity index (χ4v) is 3.65. The Morgan fingerprint density at radius 3 is 2.36 bits per heavy atom. The van der Waals surface area contributed by atoms with E-state index in [0.717, 1.165) is 24.2 Å². The Kier molecular flexibility index (Phi) is 7.57. The molecule has 0 fully saturated rings. The highest BCUT2D eigenvalue weighted by atomic mass is 127. The lowest BCUT2D eigenvalue weighted by Gasteiger charge is -2.14. The first kappa shape index (κ1) is 24.5. The minimum Gasteiger partial charge on any atom is -0.493 e. The highest BCUT2D eigenvalue weighted by Gasteiger charge is 2.33. The molecule has 0 aromatic heterocycles. The van der Waals surface area contributed by atoms with E-state index in [4.69, 9.17) is 9.47 Å². The molecule has 0 aliphatic carbocycles. The Bertz CT molecular complexity index is 1200. The molecular weight excluding hydrogens is 552 g/mol. The predicted octanol–water partition coefficient (Wildman–Crippen LogP) is 7.33. The summed E-state index contributed by atoms with van der Waals surface area (Å²) in [4.78, 5) is 14.9. The van der Waals surface area contributed by atoms with Crippen LogP contribution in [0.15, 0.2) is 59.6 Å². The summed E-state index contributed by atoms with van der Waals surface area (Å²) in [5, 5.41) is 11.4. The Morgan fingerprint density at radius 1 is 1.09 bits per heavy atom. The van der Waals surface area contributed by atoms with Crippen LogP contribution in [0.3, 0.4) is 0 Å². The van der Waals surface area contributed by atoms with E-state index in [9.17, 15) is 23.3 Å². The molecule has 3 aromatic rings. The van der Waals surface area contributed by atoms with E-state index in [1.807, 2.05) is 46.9 Å². The van der Waals surface area contributed by atoms with Crippen molar-refractivity contribution >= 4 is 40.2 Å². The van der Waals surface area contributed by atoms with Crippen LogP contribution in [-0.2, 0) is 12.6 Å². The second kappa shape index (κ2) is 10.2. The minimum absolute atomic E-state index is 0.144. The molecule has 0 bridgehead atoms. The number of nitro benzene ring substituents is 1. The molecule has 0 saturated heterocycles. The fourth-order valence-electron chi connectivity index (χ4n) is 2.91. The number of hydrogen-bond donors (Lipinski definition) is 0. The van der Waals surface area contributed by atoms with Crippen molar-refractivity contribution in [2.75, 3.05) is 7.11 Å². The van der Waals surface area contributed by atoms with Crippen LogP contribution in [0, 0.1) is 13.7 Å². The van der Waals surface area contributed by atoms with E-state index in [1.54, 1.807) is 18.3 Å². The number of hydrogen-bond acceptors (Lipinski definition) is 5. The van der Waals surface area contributed by atoms with E-state index in [2.05, 4.69) is 11.9 Å². The van der Waals surface area contributed by atoms with Gasteiger partial charge in [0, 0.05) is 12.3 Å². The number of aryl methyl sites for hydroxylation is 1. The molecule has 0 spiro atoms. The molecule has 6 nitrogen and oxygen atoms in total. The average Bonchev–Trinajstić information content (AvgIpc) is 2.78. The summed E-state index contributed by atoms with van der Waals surface area (Å²) in [5.41, 5.74) is 0.710. The minimum atomic E-state index is -4.72. The Morgan fingerprint density at radius 2 is 1.79 bits per heavy atom. The van der Waals surface area contributed by atoms with Crippen LogP contribution < -0.4 is 9.47 Å². The first-order chi connectivity index (χ1) is 15.6. The van der Waals surface area contributed by atoms with E-state index in [0.29, 0.717) is 15.2 Å². The number of aliphatic imine (C=N–C) groups is 1. The molecule has 0 aliphatic rings. The molecule has 0 saturated carbocycles. The highest BCUT2D eigenvalue weighted by molar-refractivity contribution is 14.1. The zero-order chi connectivity index (χ0) is 24.2. The molecule has 33 heavy (non-hydrogen) atoms. The van der Waals surface area contributed by atoms with Gasteiger partial charge in [0.1, 0.15) is 0 Å². The number of nitrogens with zero attached hydrogens (tertiary/aromatic N) is 2. The van der Waals surface area contributed by atoms with Crippen LogP contribution in [0.1, 0.15) is 23.6 Å². The van der Waals surface area contributed by atoms with Gasteiger partial charge >= 0.3 is 11.9 Å². The van der Waals surface area contributed by atoms with Gasteiger partial charge in [0.15, 0.2) is 11.5 Å². The number of methoxy groups -OCH3 is 1. The molecule has 172 valence electrons. The lowest BCUT2D eigenvalue weighted by Crippen LogP contribution is -2.06. The van der Waals surface area contributed by atoms with Gasteiger partial charge in [-0.05, 0) is 76.5 Å². The summed E-state index contributed by atoms with van der Waals surface area (Å²) in [6.07, 6.45) is -2.15. The van der Waals surface area contributed by atoms with Gasteiger partial charge < -0.3 is 9.47 Å². The van der Waals surface area contributed by atoms with Gasteiger partial charge in [0.05, 0.1) is 26.9 Å². The highest BCUT2D eigenvalue weighted by Crippen LogP contribution is 2.42. The van der Waals surface area contributed by atoms with Crippen molar-refractivity contribution in [3.05, 3.63) is 85.0 Å². The second-order valence-electron chi connectivity index (χ2n) is 6.85. The molecule has 0 amide bonds. The van der Waals surface area contributed by atoms with Gasteiger partial charge in [-0.3, -0.25) is 15.1 Å².